The highest BCUT2D eigenvalue weighted by atomic mass is 16.7. The lowest BCUT2D eigenvalue weighted by Crippen LogP contribution is -2.45. The van der Waals surface area contributed by atoms with Crippen molar-refractivity contribution < 1.29 is 9.47 Å². The molecule has 2 saturated heterocycles. The van der Waals surface area contributed by atoms with E-state index in [-0.39, 0.29) is 5.79 Å². The summed E-state index contributed by atoms with van der Waals surface area (Å²) in [5.74, 6) is 5.80. The third kappa shape index (κ3) is 2.72. The Kier molecular flexibility index (Phi) is 3.63. The van der Waals surface area contributed by atoms with Crippen LogP contribution in [0.2, 0.25) is 0 Å². The average Bonchev–Trinajstić information content (AvgIpc) is 2.71. The SMILES string of the molecule is CC#CCCN1CCC2(CC1)OCCO2. The molecule has 0 atom stereocenters. The highest BCUT2D eigenvalue weighted by Crippen LogP contribution is 2.31. The van der Waals surface area contributed by atoms with Crippen molar-refractivity contribution in [3.63, 3.8) is 0 Å². The van der Waals surface area contributed by atoms with Crippen LogP contribution in [0, 0.1) is 11.8 Å². The van der Waals surface area contributed by atoms with Gasteiger partial charge in [-0.3, -0.25) is 0 Å². The van der Waals surface area contributed by atoms with Gasteiger partial charge in [-0.1, -0.05) is 0 Å². The van der Waals surface area contributed by atoms with Gasteiger partial charge >= 0.3 is 0 Å². The van der Waals surface area contributed by atoms with Crippen LogP contribution >= 0.6 is 0 Å². The molecule has 2 fully saturated rings. The Balaban J connectivity index is 1.73. The minimum atomic E-state index is -0.229. The summed E-state index contributed by atoms with van der Waals surface area (Å²) in [6.45, 7) is 6.65. The van der Waals surface area contributed by atoms with E-state index in [0.29, 0.717) is 0 Å². The molecular formula is C12H19NO2. The van der Waals surface area contributed by atoms with E-state index in [9.17, 15) is 0 Å². The average molecular weight is 209 g/mol. The van der Waals surface area contributed by atoms with Gasteiger partial charge in [-0.15, -0.1) is 11.8 Å². The molecule has 2 aliphatic rings. The summed E-state index contributed by atoms with van der Waals surface area (Å²) in [7, 11) is 0. The molecule has 84 valence electrons. The van der Waals surface area contributed by atoms with Crippen molar-refractivity contribution in [2.75, 3.05) is 32.8 Å². The zero-order valence-corrected chi connectivity index (χ0v) is 9.42. The van der Waals surface area contributed by atoms with Gasteiger partial charge in [0.2, 0.25) is 0 Å². The van der Waals surface area contributed by atoms with E-state index >= 15 is 0 Å². The number of ether oxygens (including phenoxy) is 2. The molecule has 3 nitrogen and oxygen atoms in total. The Morgan fingerprint density at radius 3 is 2.47 bits per heavy atom. The normalized spacial score (nSPS) is 25.1. The summed E-state index contributed by atoms with van der Waals surface area (Å²) in [5.41, 5.74) is 0. The number of rotatable bonds is 2. The lowest BCUT2D eigenvalue weighted by atomic mass is 10.0. The molecule has 2 heterocycles. The molecule has 1 spiro atoms. The smallest absolute Gasteiger partial charge is 0.170 e. The minimum absolute atomic E-state index is 0.229. The maximum atomic E-state index is 5.68. The first-order valence-corrected chi connectivity index (χ1v) is 5.74. The van der Waals surface area contributed by atoms with E-state index in [0.717, 1.165) is 52.1 Å². The van der Waals surface area contributed by atoms with E-state index in [1.807, 2.05) is 6.92 Å². The fourth-order valence-electron chi connectivity index (χ4n) is 2.24. The molecule has 0 aromatic rings. The van der Waals surface area contributed by atoms with E-state index < -0.39 is 0 Å². The Morgan fingerprint density at radius 2 is 1.87 bits per heavy atom. The maximum Gasteiger partial charge on any atom is 0.170 e. The van der Waals surface area contributed by atoms with E-state index in [4.69, 9.17) is 9.47 Å². The van der Waals surface area contributed by atoms with E-state index in [1.165, 1.54) is 0 Å². The topological polar surface area (TPSA) is 21.7 Å². The first-order chi connectivity index (χ1) is 7.35. The fourth-order valence-corrected chi connectivity index (χ4v) is 2.24. The van der Waals surface area contributed by atoms with E-state index in [1.54, 1.807) is 0 Å². The van der Waals surface area contributed by atoms with Crippen molar-refractivity contribution in [3.8, 4) is 11.8 Å². The summed E-state index contributed by atoms with van der Waals surface area (Å²) in [6.07, 6.45) is 2.99. The molecule has 0 amide bonds. The van der Waals surface area contributed by atoms with Crippen molar-refractivity contribution in [1.29, 1.82) is 0 Å². The molecule has 0 saturated carbocycles. The highest BCUT2D eigenvalue weighted by Gasteiger charge is 2.39. The van der Waals surface area contributed by atoms with Crippen LogP contribution in [0.1, 0.15) is 26.2 Å². The molecule has 0 aromatic carbocycles. The van der Waals surface area contributed by atoms with Crippen LogP contribution in [0.15, 0.2) is 0 Å². The van der Waals surface area contributed by atoms with Crippen LogP contribution in [0.3, 0.4) is 0 Å². The lowest BCUT2D eigenvalue weighted by molar-refractivity contribution is -0.185. The van der Waals surface area contributed by atoms with Gasteiger partial charge in [-0.2, -0.15) is 0 Å². The Hall–Kier alpha value is -0.560. The molecule has 0 bridgehead atoms. The zero-order valence-electron chi connectivity index (χ0n) is 9.42. The van der Waals surface area contributed by atoms with Gasteiger partial charge in [0, 0.05) is 38.9 Å². The van der Waals surface area contributed by atoms with Crippen LogP contribution in [-0.4, -0.2) is 43.5 Å². The van der Waals surface area contributed by atoms with E-state index in [2.05, 4.69) is 16.7 Å². The van der Waals surface area contributed by atoms with Crippen LogP contribution in [0.25, 0.3) is 0 Å². The molecule has 0 aliphatic carbocycles. The number of hydrogen-bond donors (Lipinski definition) is 0. The molecule has 0 N–H and O–H groups in total. The van der Waals surface area contributed by atoms with Gasteiger partial charge in [0.25, 0.3) is 0 Å². The quantitative estimate of drug-likeness (QED) is 0.639. The predicted octanol–water partition coefficient (Wildman–Crippen LogP) is 1.24. The Morgan fingerprint density at radius 1 is 1.20 bits per heavy atom. The fraction of sp³-hybridized carbons (Fsp3) is 0.833. The monoisotopic (exact) mass is 209 g/mol. The van der Waals surface area contributed by atoms with Crippen LogP contribution in [0.5, 0.6) is 0 Å². The van der Waals surface area contributed by atoms with Crippen molar-refractivity contribution in [3.05, 3.63) is 0 Å². The molecule has 0 radical (unpaired) electrons. The van der Waals surface area contributed by atoms with Crippen molar-refractivity contribution in [2.45, 2.75) is 32.0 Å². The summed E-state index contributed by atoms with van der Waals surface area (Å²) in [6, 6.07) is 0. The third-order valence-electron chi connectivity index (χ3n) is 3.16. The number of likely N-dealkylation sites (tertiary alicyclic amines) is 1. The van der Waals surface area contributed by atoms with Gasteiger partial charge in [0.05, 0.1) is 13.2 Å². The molecule has 0 aromatic heterocycles. The van der Waals surface area contributed by atoms with Gasteiger partial charge in [0.1, 0.15) is 0 Å². The van der Waals surface area contributed by atoms with Crippen molar-refractivity contribution in [1.82, 2.24) is 4.90 Å². The second-order valence-corrected chi connectivity index (χ2v) is 4.13. The van der Waals surface area contributed by atoms with Crippen LogP contribution < -0.4 is 0 Å². The van der Waals surface area contributed by atoms with Crippen LogP contribution in [-0.2, 0) is 9.47 Å². The largest absolute Gasteiger partial charge is 0.347 e. The summed E-state index contributed by atoms with van der Waals surface area (Å²) >= 11 is 0. The van der Waals surface area contributed by atoms with Crippen molar-refractivity contribution in [2.24, 2.45) is 0 Å². The standard InChI is InChI=1S/C12H19NO2/c1-2-3-4-7-13-8-5-12(6-9-13)14-10-11-15-12/h4-11H2,1H3. The molecule has 2 rings (SSSR count). The molecule has 0 unspecified atom stereocenters. The molecule has 15 heavy (non-hydrogen) atoms. The predicted molar refractivity (Wildman–Crippen MR) is 58.4 cm³/mol. The zero-order chi connectivity index (χ0) is 10.6. The highest BCUT2D eigenvalue weighted by molar-refractivity contribution is 4.95. The first-order valence-electron chi connectivity index (χ1n) is 5.74. The summed E-state index contributed by atoms with van der Waals surface area (Å²) in [4.78, 5) is 2.45. The Bertz CT molecular complexity index is 251. The molecule has 3 heteroatoms. The van der Waals surface area contributed by atoms with Gasteiger partial charge < -0.3 is 14.4 Å². The van der Waals surface area contributed by atoms with Gasteiger partial charge in [0.15, 0.2) is 5.79 Å². The second-order valence-electron chi connectivity index (χ2n) is 4.13. The molecular weight excluding hydrogens is 190 g/mol. The van der Waals surface area contributed by atoms with Crippen LogP contribution in [0.4, 0.5) is 0 Å². The molecule has 2 aliphatic heterocycles. The van der Waals surface area contributed by atoms with Gasteiger partial charge in [-0.05, 0) is 6.92 Å². The summed E-state index contributed by atoms with van der Waals surface area (Å²) < 4.78 is 11.4. The van der Waals surface area contributed by atoms with Gasteiger partial charge in [-0.25, -0.2) is 0 Å². The number of piperidine rings is 1. The maximum absolute atomic E-state index is 5.68. The summed E-state index contributed by atoms with van der Waals surface area (Å²) in [5, 5.41) is 0. The number of nitrogens with zero attached hydrogens (tertiary/aromatic N) is 1. The second kappa shape index (κ2) is 4.98. The minimum Gasteiger partial charge on any atom is -0.347 e. The van der Waals surface area contributed by atoms with Crippen molar-refractivity contribution >= 4 is 0 Å². The third-order valence-corrected chi connectivity index (χ3v) is 3.16. The Labute approximate surface area is 91.7 Å². The first kappa shape index (κ1) is 10.9. The number of hydrogen-bond acceptors (Lipinski definition) is 3. The lowest BCUT2D eigenvalue weighted by Gasteiger charge is -2.37.